The van der Waals surface area contributed by atoms with Crippen molar-refractivity contribution in [1.82, 2.24) is 9.13 Å². The zero-order valence-electron chi connectivity index (χ0n) is 20.7. The van der Waals surface area contributed by atoms with Gasteiger partial charge in [-0.1, -0.05) is 36.4 Å². The summed E-state index contributed by atoms with van der Waals surface area (Å²) >= 11 is 0. The quantitative estimate of drug-likeness (QED) is 0.258. The van der Waals surface area contributed by atoms with Gasteiger partial charge in [0.25, 0.3) is 0 Å². The Morgan fingerprint density at radius 3 is 1.40 bits per heavy atom. The lowest BCUT2D eigenvalue weighted by atomic mass is 10.1. The number of hydrogen-bond acceptors (Lipinski definition) is 5. The van der Waals surface area contributed by atoms with Gasteiger partial charge in [0.15, 0.2) is 5.75 Å². The molecule has 7 nitrogen and oxygen atoms in total. The van der Waals surface area contributed by atoms with E-state index in [1.54, 1.807) is 41.5 Å². The molecule has 0 aliphatic carbocycles. The predicted octanol–water partition coefficient (Wildman–Crippen LogP) is 7.17. The molecule has 0 spiro atoms. The van der Waals surface area contributed by atoms with E-state index >= 15 is 0 Å². The van der Waals surface area contributed by atoms with Crippen LogP contribution in [0.15, 0.2) is 54.6 Å². The van der Waals surface area contributed by atoms with Crippen LogP contribution in [0, 0.1) is 0 Å². The van der Waals surface area contributed by atoms with E-state index in [9.17, 15) is 14.7 Å². The highest BCUT2D eigenvalue weighted by atomic mass is 16.6. The summed E-state index contributed by atoms with van der Waals surface area (Å²) in [4.78, 5) is 26.7. The minimum Gasteiger partial charge on any atom is -0.504 e. The number of aromatic hydroxyl groups is 1. The van der Waals surface area contributed by atoms with E-state index in [4.69, 9.17) is 9.47 Å². The highest BCUT2D eigenvalue weighted by Crippen LogP contribution is 2.43. The summed E-state index contributed by atoms with van der Waals surface area (Å²) in [7, 11) is 0. The van der Waals surface area contributed by atoms with Crippen molar-refractivity contribution >= 4 is 55.8 Å². The highest BCUT2D eigenvalue weighted by Gasteiger charge is 2.29. The summed E-state index contributed by atoms with van der Waals surface area (Å²) in [6.45, 7) is 10.7. The fourth-order valence-electron chi connectivity index (χ4n) is 4.54. The molecule has 35 heavy (non-hydrogen) atoms. The first-order valence-electron chi connectivity index (χ1n) is 11.5. The molecule has 0 radical (unpaired) electrons. The van der Waals surface area contributed by atoms with Gasteiger partial charge >= 0.3 is 12.2 Å². The van der Waals surface area contributed by atoms with Crippen LogP contribution in [0.3, 0.4) is 0 Å². The lowest BCUT2D eigenvalue weighted by Gasteiger charge is -2.21. The summed E-state index contributed by atoms with van der Waals surface area (Å²) in [5, 5.41) is 14.7. The zero-order chi connectivity index (χ0) is 25.3. The Labute approximate surface area is 202 Å². The van der Waals surface area contributed by atoms with E-state index in [0.29, 0.717) is 21.8 Å². The molecule has 0 saturated heterocycles. The van der Waals surface area contributed by atoms with E-state index in [1.807, 2.05) is 54.6 Å². The minimum absolute atomic E-state index is 0.193. The zero-order valence-corrected chi connectivity index (χ0v) is 20.7. The van der Waals surface area contributed by atoms with Gasteiger partial charge in [0.05, 0.1) is 11.0 Å². The molecule has 7 heteroatoms. The summed E-state index contributed by atoms with van der Waals surface area (Å²) in [5.74, 6) is -0.193. The maximum atomic E-state index is 13.3. The largest absolute Gasteiger partial charge is 0.504 e. The second kappa shape index (κ2) is 7.50. The Hall–Kier alpha value is -4.00. The van der Waals surface area contributed by atoms with Gasteiger partial charge in [-0.05, 0) is 59.7 Å². The van der Waals surface area contributed by atoms with Crippen molar-refractivity contribution in [2.75, 3.05) is 0 Å². The molecular weight excluding hydrogens is 444 g/mol. The lowest BCUT2D eigenvalue weighted by Crippen LogP contribution is -2.27. The molecule has 1 N–H and O–H groups in total. The number of benzene rings is 3. The maximum Gasteiger partial charge on any atom is 0.419 e. The molecule has 3 aromatic carbocycles. The molecule has 180 valence electrons. The van der Waals surface area contributed by atoms with Crippen molar-refractivity contribution in [2.24, 2.45) is 0 Å². The topological polar surface area (TPSA) is 82.7 Å². The molecule has 0 aliphatic heterocycles. The van der Waals surface area contributed by atoms with Crippen molar-refractivity contribution in [3.8, 4) is 5.75 Å². The summed E-state index contributed by atoms with van der Waals surface area (Å²) in [6.07, 6.45) is -1.23. The van der Waals surface area contributed by atoms with Gasteiger partial charge in [0, 0.05) is 21.5 Å². The van der Waals surface area contributed by atoms with Crippen molar-refractivity contribution in [2.45, 2.75) is 52.7 Å². The number of nitrogens with zero attached hydrogens (tertiary/aromatic N) is 2. The summed E-state index contributed by atoms with van der Waals surface area (Å²) in [5.41, 5.74) is 0.293. The molecule has 0 atom stereocenters. The van der Waals surface area contributed by atoms with Crippen LogP contribution in [-0.2, 0) is 9.47 Å². The SMILES string of the molecule is CC(C)(C)OC(=O)n1c2ccccc2c2cc3c4ccccc4n(C(=O)OC(C)(C)C)c3c(O)c21. The predicted molar refractivity (Wildman–Crippen MR) is 137 cm³/mol. The number of phenolic OH excluding ortho intramolecular Hbond substituents is 1. The van der Waals surface area contributed by atoms with Crippen LogP contribution in [0.1, 0.15) is 41.5 Å². The number of rotatable bonds is 0. The first-order valence-corrected chi connectivity index (χ1v) is 11.5. The van der Waals surface area contributed by atoms with Crippen LogP contribution in [0.2, 0.25) is 0 Å². The standard InChI is InChI=1S/C28H28N2O5/c1-27(2,3)34-25(32)29-20-13-9-7-11-16(20)18-15-19-17-12-8-10-14-21(17)30(23(19)24(31)22(18)29)26(33)35-28(4,5)6/h7-15,31H,1-6H3. The first-order chi connectivity index (χ1) is 16.4. The van der Waals surface area contributed by atoms with Crippen molar-refractivity contribution < 1.29 is 24.2 Å². The number of phenols is 1. The van der Waals surface area contributed by atoms with E-state index in [2.05, 4.69) is 0 Å². The number of hydrogen-bond donors (Lipinski definition) is 1. The average Bonchev–Trinajstić information content (AvgIpc) is 3.26. The van der Waals surface area contributed by atoms with Crippen LogP contribution < -0.4 is 0 Å². The molecule has 0 bridgehead atoms. The molecule has 5 rings (SSSR count). The third kappa shape index (κ3) is 3.67. The molecule has 0 unspecified atom stereocenters. The van der Waals surface area contributed by atoms with Crippen molar-refractivity contribution in [1.29, 1.82) is 0 Å². The van der Waals surface area contributed by atoms with Gasteiger partial charge in [0.1, 0.15) is 22.2 Å². The number of para-hydroxylation sites is 2. The van der Waals surface area contributed by atoms with Gasteiger partial charge in [-0.25, -0.2) is 18.7 Å². The van der Waals surface area contributed by atoms with Gasteiger partial charge in [0.2, 0.25) is 0 Å². The first kappa shape index (κ1) is 22.8. The van der Waals surface area contributed by atoms with E-state index in [1.165, 1.54) is 9.13 Å². The monoisotopic (exact) mass is 472 g/mol. The Balaban J connectivity index is 1.95. The Morgan fingerprint density at radius 1 is 0.657 bits per heavy atom. The smallest absolute Gasteiger partial charge is 0.419 e. The summed E-state index contributed by atoms with van der Waals surface area (Å²) in [6, 6.07) is 16.8. The fourth-order valence-corrected chi connectivity index (χ4v) is 4.54. The molecule has 0 fully saturated rings. The third-order valence-corrected chi connectivity index (χ3v) is 5.72. The van der Waals surface area contributed by atoms with Crippen LogP contribution >= 0.6 is 0 Å². The Morgan fingerprint density at radius 2 is 1.03 bits per heavy atom. The Bertz CT molecular complexity index is 1540. The van der Waals surface area contributed by atoms with Crippen LogP contribution in [0.25, 0.3) is 43.6 Å². The molecule has 0 aliphatic rings. The van der Waals surface area contributed by atoms with Crippen molar-refractivity contribution in [3.63, 3.8) is 0 Å². The minimum atomic E-state index is -0.736. The Kier molecular flexibility index (Phi) is 4.88. The molecule has 5 aromatic rings. The second-order valence-electron chi connectivity index (χ2n) is 10.7. The fraction of sp³-hybridized carbons (Fsp3) is 0.286. The van der Waals surface area contributed by atoms with E-state index in [0.717, 1.165) is 10.8 Å². The number of aromatic nitrogens is 2. The van der Waals surface area contributed by atoms with Gasteiger partial charge in [-0.15, -0.1) is 0 Å². The van der Waals surface area contributed by atoms with Crippen molar-refractivity contribution in [3.05, 3.63) is 54.6 Å². The van der Waals surface area contributed by atoms with E-state index in [-0.39, 0.29) is 16.8 Å². The summed E-state index contributed by atoms with van der Waals surface area (Å²) < 4.78 is 14.1. The number of ether oxygens (including phenoxy) is 2. The molecule has 0 saturated carbocycles. The van der Waals surface area contributed by atoms with E-state index < -0.39 is 23.4 Å². The molecular formula is C28H28N2O5. The highest BCUT2D eigenvalue weighted by molar-refractivity contribution is 6.24. The maximum absolute atomic E-state index is 13.3. The number of carbonyl (C=O) groups is 2. The van der Waals surface area contributed by atoms with Gasteiger partial charge in [-0.2, -0.15) is 0 Å². The lowest BCUT2D eigenvalue weighted by molar-refractivity contribution is 0.0541. The van der Waals surface area contributed by atoms with Crippen LogP contribution in [0.5, 0.6) is 5.75 Å². The molecule has 2 aromatic heterocycles. The molecule has 0 amide bonds. The number of carbonyl (C=O) groups excluding carboxylic acids is 2. The number of fused-ring (bicyclic) bond motifs is 6. The third-order valence-electron chi connectivity index (χ3n) is 5.72. The average molecular weight is 473 g/mol. The second-order valence-corrected chi connectivity index (χ2v) is 10.7. The molecule has 2 heterocycles. The van der Waals surface area contributed by atoms with Gasteiger partial charge in [-0.3, -0.25) is 0 Å². The van der Waals surface area contributed by atoms with Crippen LogP contribution in [0.4, 0.5) is 9.59 Å². The van der Waals surface area contributed by atoms with Gasteiger partial charge < -0.3 is 14.6 Å². The van der Waals surface area contributed by atoms with Crippen LogP contribution in [-0.4, -0.2) is 37.6 Å². The normalized spacial score (nSPS) is 12.6.